The molecule has 0 aliphatic heterocycles. The third kappa shape index (κ3) is 15.6. The number of rotatable bonds is 14. The monoisotopic (exact) mass is 359 g/mol. The predicted octanol–water partition coefficient (Wildman–Crippen LogP) is 5.40. The van der Waals surface area contributed by atoms with Crippen molar-refractivity contribution in [1.82, 2.24) is 5.32 Å². The molecule has 0 aliphatic carbocycles. The van der Waals surface area contributed by atoms with Gasteiger partial charge in [0.25, 0.3) is 0 Å². The zero-order valence-electron chi connectivity index (χ0n) is 16.7. The van der Waals surface area contributed by atoms with Gasteiger partial charge in [0, 0.05) is 6.42 Å². The molecule has 146 valence electrons. The number of hydrogen-bond acceptors (Lipinski definition) is 2. The van der Waals surface area contributed by atoms with E-state index in [4.69, 9.17) is 0 Å². The molecule has 0 aromatic carbocycles. The highest BCUT2D eigenvalue weighted by atomic mass is 16.3. The summed E-state index contributed by atoms with van der Waals surface area (Å²) in [6, 6.07) is -0.281. The molecule has 0 saturated carbocycles. The maximum atomic E-state index is 11.7. The summed E-state index contributed by atoms with van der Waals surface area (Å²) in [5.74, 6) is -0.0594. The van der Waals surface area contributed by atoms with Gasteiger partial charge in [0.05, 0.1) is 12.1 Å². The fourth-order valence-electron chi connectivity index (χ4n) is 2.18. The van der Waals surface area contributed by atoms with Crippen molar-refractivity contribution in [2.45, 2.75) is 77.9 Å². The van der Waals surface area contributed by atoms with Crippen molar-refractivity contribution in [3.8, 4) is 0 Å². The quantitative estimate of drug-likeness (QED) is 0.322. The van der Waals surface area contributed by atoms with Crippen molar-refractivity contribution in [2.24, 2.45) is 0 Å². The van der Waals surface area contributed by atoms with E-state index in [9.17, 15) is 9.90 Å². The summed E-state index contributed by atoms with van der Waals surface area (Å²) < 4.78 is 0. The molecule has 26 heavy (non-hydrogen) atoms. The molecule has 0 fully saturated rings. The molecule has 0 rings (SSSR count). The first kappa shape index (κ1) is 24.1. The molecule has 0 radical (unpaired) electrons. The first-order valence-corrected chi connectivity index (χ1v) is 9.85. The summed E-state index contributed by atoms with van der Waals surface area (Å²) in [4.78, 5) is 11.7. The van der Waals surface area contributed by atoms with Gasteiger partial charge in [-0.25, -0.2) is 0 Å². The van der Waals surface area contributed by atoms with Crippen LogP contribution in [0.4, 0.5) is 0 Å². The Labute approximate surface area is 160 Å². The molecule has 0 aromatic heterocycles. The van der Waals surface area contributed by atoms with Crippen LogP contribution in [0.3, 0.4) is 0 Å². The van der Waals surface area contributed by atoms with E-state index >= 15 is 0 Å². The van der Waals surface area contributed by atoms with Gasteiger partial charge in [0.15, 0.2) is 0 Å². The van der Waals surface area contributed by atoms with Gasteiger partial charge in [-0.05, 0) is 45.4 Å². The lowest BCUT2D eigenvalue weighted by Gasteiger charge is -2.17. The molecule has 0 aromatic rings. The number of nitrogens with one attached hydrogen (secondary N) is 1. The third-order valence-electron chi connectivity index (χ3n) is 3.72. The number of amides is 1. The van der Waals surface area contributed by atoms with Crippen LogP contribution in [0, 0.1) is 0 Å². The molecule has 0 aliphatic rings. The van der Waals surface area contributed by atoms with E-state index in [2.05, 4.69) is 48.7 Å². The van der Waals surface area contributed by atoms with Crippen LogP contribution in [-0.4, -0.2) is 23.2 Å². The summed E-state index contributed by atoms with van der Waals surface area (Å²) >= 11 is 0. The summed E-state index contributed by atoms with van der Waals surface area (Å²) in [5.41, 5.74) is 0. The molecule has 1 amide bonds. The van der Waals surface area contributed by atoms with Crippen molar-refractivity contribution in [3.05, 3.63) is 60.8 Å². The van der Waals surface area contributed by atoms with Crippen LogP contribution < -0.4 is 5.32 Å². The van der Waals surface area contributed by atoms with E-state index in [1.165, 1.54) is 0 Å². The first-order chi connectivity index (χ1) is 12.6. The number of aliphatic hydroxyl groups is 1. The van der Waals surface area contributed by atoms with Crippen LogP contribution in [0.5, 0.6) is 0 Å². The van der Waals surface area contributed by atoms with Gasteiger partial charge in [0.1, 0.15) is 0 Å². The van der Waals surface area contributed by atoms with Gasteiger partial charge in [-0.3, -0.25) is 4.79 Å². The molecule has 3 heteroatoms. The van der Waals surface area contributed by atoms with Crippen LogP contribution >= 0.6 is 0 Å². The zero-order chi connectivity index (χ0) is 19.5. The Balaban J connectivity index is 3.85. The fourth-order valence-corrected chi connectivity index (χ4v) is 2.18. The summed E-state index contributed by atoms with van der Waals surface area (Å²) in [6.45, 7) is 5.99. The van der Waals surface area contributed by atoms with Crippen molar-refractivity contribution in [3.63, 3.8) is 0 Å². The van der Waals surface area contributed by atoms with E-state index < -0.39 is 6.10 Å². The second kappa shape index (κ2) is 17.9. The average molecular weight is 360 g/mol. The lowest BCUT2D eigenvalue weighted by Crippen LogP contribution is -2.39. The van der Waals surface area contributed by atoms with Crippen molar-refractivity contribution < 1.29 is 9.90 Å². The van der Waals surface area contributed by atoms with Gasteiger partial charge in [-0.15, -0.1) is 0 Å². The average Bonchev–Trinajstić information content (AvgIpc) is 2.62. The molecule has 0 unspecified atom stereocenters. The minimum Gasteiger partial charge on any atom is -0.387 e. The van der Waals surface area contributed by atoms with Crippen LogP contribution in [-0.2, 0) is 4.79 Å². The third-order valence-corrected chi connectivity index (χ3v) is 3.72. The molecule has 0 saturated heterocycles. The Bertz CT molecular complexity index is 486. The highest BCUT2D eigenvalue weighted by Crippen LogP contribution is 2.01. The first-order valence-electron chi connectivity index (χ1n) is 9.85. The molecule has 0 spiro atoms. The second-order valence-corrected chi connectivity index (χ2v) is 6.23. The van der Waals surface area contributed by atoms with Crippen LogP contribution in [0.15, 0.2) is 60.8 Å². The van der Waals surface area contributed by atoms with Crippen molar-refractivity contribution in [2.75, 3.05) is 0 Å². The minimum absolute atomic E-state index is 0.0594. The van der Waals surface area contributed by atoms with Gasteiger partial charge < -0.3 is 10.4 Å². The number of aliphatic hydroxyl groups excluding tert-OH is 1. The largest absolute Gasteiger partial charge is 0.387 e. The lowest BCUT2D eigenvalue weighted by atomic mass is 10.1. The van der Waals surface area contributed by atoms with E-state index in [1.54, 1.807) is 6.08 Å². The van der Waals surface area contributed by atoms with Gasteiger partial charge in [-0.2, -0.15) is 0 Å². The highest BCUT2D eigenvalue weighted by Gasteiger charge is 2.12. The number of unbranched alkanes of at least 4 members (excludes halogenated alkanes) is 1. The number of carbonyl (C=O) groups excluding carboxylic acids is 1. The van der Waals surface area contributed by atoms with E-state index in [0.717, 1.165) is 38.5 Å². The number of allylic oxidation sites excluding steroid dienone is 8. The number of hydrogen-bond donors (Lipinski definition) is 2. The molecular formula is C23H37NO2. The second-order valence-electron chi connectivity index (χ2n) is 6.23. The number of carbonyl (C=O) groups is 1. The Morgan fingerprint density at radius 2 is 1.38 bits per heavy atom. The minimum atomic E-state index is -0.655. The Morgan fingerprint density at radius 3 is 2.04 bits per heavy atom. The fraction of sp³-hybridized carbons (Fsp3) is 0.522. The summed E-state index contributed by atoms with van der Waals surface area (Å²) in [7, 11) is 0. The standard InChI is InChI=1S/C23H37NO2/c1-4-6-8-9-10-11-12-13-14-15-16-18-19-22(25)21(3)24-23(26)20-17-7-5-2/h6-8,10-11,13-14,17-19,21-22,25H,4-5,9,12,15-16,20H2,1-3H3,(H,24,26)/b8-6-,11-10-,14-13-,17-7-,19-18+/t21-,22+/m0/s1. The summed E-state index contributed by atoms with van der Waals surface area (Å²) in [6.07, 6.45) is 26.1. The molecule has 2 atom stereocenters. The smallest absolute Gasteiger partial charge is 0.224 e. The Hall–Kier alpha value is -1.87. The van der Waals surface area contributed by atoms with Gasteiger partial charge in [-0.1, -0.05) is 74.6 Å². The van der Waals surface area contributed by atoms with Gasteiger partial charge >= 0.3 is 0 Å². The van der Waals surface area contributed by atoms with Crippen LogP contribution in [0.25, 0.3) is 0 Å². The molecule has 0 heterocycles. The maximum absolute atomic E-state index is 11.7. The normalized spacial score (nSPS) is 15.1. The van der Waals surface area contributed by atoms with E-state index in [-0.39, 0.29) is 11.9 Å². The SMILES string of the molecule is CC/C=C\C/C=C\C/C=C\CC/C=C/[C@@H](O)[C@H](C)NC(=O)C/C=C\CC. The summed E-state index contributed by atoms with van der Waals surface area (Å²) in [5, 5.41) is 12.9. The Kier molecular flexibility index (Phi) is 16.6. The molecule has 0 bridgehead atoms. The van der Waals surface area contributed by atoms with Crippen molar-refractivity contribution >= 4 is 5.91 Å². The van der Waals surface area contributed by atoms with E-state index in [0.29, 0.717) is 6.42 Å². The molecular weight excluding hydrogens is 322 g/mol. The maximum Gasteiger partial charge on any atom is 0.224 e. The lowest BCUT2D eigenvalue weighted by molar-refractivity contribution is -0.121. The van der Waals surface area contributed by atoms with Crippen molar-refractivity contribution in [1.29, 1.82) is 0 Å². The predicted molar refractivity (Wildman–Crippen MR) is 113 cm³/mol. The molecule has 2 N–H and O–H groups in total. The van der Waals surface area contributed by atoms with Crippen LogP contribution in [0.1, 0.15) is 65.7 Å². The highest BCUT2D eigenvalue weighted by molar-refractivity contribution is 5.77. The zero-order valence-corrected chi connectivity index (χ0v) is 16.7. The van der Waals surface area contributed by atoms with E-state index in [1.807, 2.05) is 32.1 Å². The van der Waals surface area contributed by atoms with Gasteiger partial charge in [0.2, 0.25) is 5.91 Å². The Morgan fingerprint density at radius 1 is 0.846 bits per heavy atom. The van der Waals surface area contributed by atoms with Crippen LogP contribution in [0.2, 0.25) is 0 Å². The topological polar surface area (TPSA) is 49.3 Å². The molecule has 3 nitrogen and oxygen atoms in total.